The third-order valence-corrected chi connectivity index (χ3v) is 3.72. The number of carboxylic acid groups (broad SMARTS) is 1. The molecule has 1 N–H and O–H groups in total. The van der Waals surface area contributed by atoms with Crippen LogP contribution in [0.25, 0.3) is 0 Å². The molecule has 88 valence electrons. The zero-order valence-electron chi connectivity index (χ0n) is 8.86. The molecule has 1 saturated heterocycles. The van der Waals surface area contributed by atoms with Crippen molar-refractivity contribution in [1.82, 2.24) is 4.90 Å². The van der Waals surface area contributed by atoms with Crippen LogP contribution in [0.4, 0.5) is 4.39 Å². The molecule has 0 bridgehead atoms. The second-order valence-electron chi connectivity index (χ2n) is 4.12. The number of likely N-dealkylation sites (tertiary alicyclic amines) is 1. The topological polar surface area (TPSA) is 40.5 Å². The van der Waals surface area contributed by atoms with Crippen LogP contribution in [0.15, 0.2) is 12.1 Å². The lowest BCUT2D eigenvalue weighted by Gasteiger charge is -2.30. The molecule has 0 spiro atoms. The maximum atomic E-state index is 12.8. The smallest absolute Gasteiger partial charge is 0.307 e. The molecule has 0 aliphatic carbocycles. The standard InChI is InChI=1S/C11H14FNO2S/c12-10-4-3-9(16-10)7-13-5-1-2-8(6-13)11(14)15/h3-4,8H,1-2,5-7H2,(H,14,15)/t8-/m0/s1. The van der Waals surface area contributed by atoms with Crippen LogP contribution in [-0.4, -0.2) is 29.1 Å². The molecule has 1 aromatic rings. The van der Waals surface area contributed by atoms with Gasteiger partial charge in [0.1, 0.15) is 0 Å². The number of hydrogen-bond donors (Lipinski definition) is 1. The molecule has 0 amide bonds. The Balaban J connectivity index is 1.92. The highest BCUT2D eigenvalue weighted by Gasteiger charge is 2.25. The van der Waals surface area contributed by atoms with Crippen LogP contribution in [0.1, 0.15) is 17.7 Å². The quantitative estimate of drug-likeness (QED) is 0.884. The van der Waals surface area contributed by atoms with E-state index in [1.54, 1.807) is 6.07 Å². The number of piperidine rings is 1. The van der Waals surface area contributed by atoms with Gasteiger partial charge in [0, 0.05) is 18.0 Å². The van der Waals surface area contributed by atoms with Crippen molar-refractivity contribution < 1.29 is 14.3 Å². The molecule has 0 aromatic carbocycles. The predicted octanol–water partition coefficient (Wildman–Crippen LogP) is 2.18. The summed E-state index contributed by atoms with van der Waals surface area (Å²) in [5.74, 6) is -0.986. The fraction of sp³-hybridized carbons (Fsp3) is 0.545. The van der Waals surface area contributed by atoms with E-state index in [4.69, 9.17) is 5.11 Å². The van der Waals surface area contributed by atoms with Crippen molar-refractivity contribution in [2.24, 2.45) is 5.92 Å². The van der Waals surface area contributed by atoms with Crippen molar-refractivity contribution in [3.63, 3.8) is 0 Å². The number of halogens is 1. The molecule has 1 atom stereocenters. The fourth-order valence-corrected chi connectivity index (χ4v) is 2.83. The number of aliphatic carboxylic acids is 1. The van der Waals surface area contributed by atoms with Crippen LogP contribution < -0.4 is 0 Å². The number of carbonyl (C=O) groups is 1. The average Bonchev–Trinajstić information content (AvgIpc) is 2.64. The lowest BCUT2D eigenvalue weighted by Crippen LogP contribution is -2.37. The van der Waals surface area contributed by atoms with Crippen molar-refractivity contribution in [2.45, 2.75) is 19.4 Å². The molecule has 0 radical (unpaired) electrons. The molecule has 16 heavy (non-hydrogen) atoms. The van der Waals surface area contributed by atoms with Gasteiger partial charge in [0.15, 0.2) is 5.13 Å². The Morgan fingerprint density at radius 2 is 2.44 bits per heavy atom. The SMILES string of the molecule is O=C(O)[C@H]1CCCN(Cc2ccc(F)s2)C1. The molecule has 1 aromatic heterocycles. The third-order valence-electron chi connectivity index (χ3n) is 2.86. The highest BCUT2D eigenvalue weighted by Crippen LogP contribution is 2.21. The van der Waals surface area contributed by atoms with Gasteiger partial charge in [-0.25, -0.2) is 0 Å². The van der Waals surface area contributed by atoms with Gasteiger partial charge in [0.25, 0.3) is 0 Å². The Morgan fingerprint density at radius 3 is 3.06 bits per heavy atom. The van der Waals surface area contributed by atoms with E-state index in [9.17, 15) is 9.18 Å². The minimum absolute atomic E-state index is 0.179. The molecule has 0 saturated carbocycles. The first kappa shape index (κ1) is 11.5. The number of thiophene rings is 1. The summed E-state index contributed by atoms with van der Waals surface area (Å²) in [5, 5.41) is 8.76. The van der Waals surface area contributed by atoms with Crippen LogP contribution in [0, 0.1) is 11.0 Å². The Hall–Kier alpha value is -0.940. The van der Waals surface area contributed by atoms with Crippen molar-refractivity contribution in [3.05, 3.63) is 22.1 Å². The molecular formula is C11H14FNO2S. The van der Waals surface area contributed by atoms with Gasteiger partial charge in [-0.05, 0) is 31.5 Å². The Kier molecular flexibility index (Phi) is 3.56. The van der Waals surface area contributed by atoms with E-state index in [0.717, 1.165) is 35.6 Å². The zero-order chi connectivity index (χ0) is 11.5. The van der Waals surface area contributed by atoms with Crippen molar-refractivity contribution in [2.75, 3.05) is 13.1 Å². The summed E-state index contributed by atoms with van der Waals surface area (Å²) >= 11 is 1.14. The van der Waals surface area contributed by atoms with Gasteiger partial charge in [0.2, 0.25) is 0 Å². The largest absolute Gasteiger partial charge is 0.481 e. The summed E-state index contributed by atoms with van der Waals surface area (Å²) in [7, 11) is 0. The van der Waals surface area contributed by atoms with Gasteiger partial charge in [-0.1, -0.05) is 0 Å². The van der Waals surface area contributed by atoms with E-state index in [1.165, 1.54) is 6.07 Å². The monoisotopic (exact) mass is 243 g/mol. The lowest BCUT2D eigenvalue weighted by atomic mass is 9.98. The van der Waals surface area contributed by atoms with Crippen LogP contribution in [0.2, 0.25) is 0 Å². The van der Waals surface area contributed by atoms with Crippen molar-refractivity contribution in [1.29, 1.82) is 0 Å². The van der Waals surface area contributed by atoms with Crippen LogP contribution in [0.5, 0.6) is 0 Å². The molecule has 2 rings (SSSR count). The van der Waals surface area contributed by atoms with Crippen molar-refractivity contribution >= 4 is 17.3 Å². The zero-order valence-corrected chi connectivity index (χ0v) is 9.67. The molecule has 1 aliphatic rings. The van der Waals surface area contributed by atoms with Gasteiger partial charge in [-0.2, -0.15) is 4.39 Å². The molecule has 5 heteroatoms. The first-order valence-corrected chi connectivity index (χ1v) is 6.16. The molecule has 1 fully saturated rings. The van der Waals surface area contributed by atoms with E-state index >= 15 is 0 Å². The number of hydrogen-bond acceptors (Lipinski definition) is 3. The summed E-state index contributed by atoms with van der Waals surface area (Å²) < 4.78 is 12.8. The molecule has 2 heterocycles. The maximum Gasteiger partial charge on any atom is 0.307 e. The van der Waals surface area contributed by atoms with Gasteiger partial charge in [-0.3, -0.25) is 9.69 Å². The summed E-state index contributed by atoms with van der Waals surface area (Å²) in [6.07, 6.45) is 1.66. The number of carboxylic acids is 1. The van der Waals surface area contributed by atoms with E-state index < -0.39 is 5.97 Å². The molecule has 3 nitrogen and oxygen atoms in total. The second-order valence-corrected chi connectivity index (χ2v) is 5.24. The van der Waals surface area contributed by atoms with E-state index in [2.05, 4.69) is 4.90 Å². The van der Waals surface area contributed by atoms with Gasteiger partial charge < -0.3 is 5.11 Å². The van der Waals surface area contributed by atoms with E-state index in [-0.39, 0.29) is 11.0 Å². The van der Waals surface area contributed by atoms with Gasteiger partial charge >= 0.3 is 5.97 Å². The summed E-state index contributed by atoms with van der Waals surface area (Å²) in [6, 6.07) is 3.23. The van der Waals surface area contributed by atoms with Crippen LogP contribution in [0.3, 0.4) is 0 Å². The summed E-state index contributed by atoms with van der Waals surface area (Å²) in [6.45, 7) is 2.15. The van der Waals surface area contributed by atoms with Crippen LogP contribution >= 0.6 is 11.3 Å². The van der Waals surface area contributed by atoms with Crippen molar-refractivity contribution in [3.8, 4) is 0 Å². The molecule has 0 unspecified atom stereocenters. The summed E-state index contributed by atoms with van der Waals surface area (Å²) in [4.78, 5) is 13.9. The summed E-state index contributed by atoms with van der Waals surface area (Å²) in [5.41, 5.74) is 0. The lowest BCUT2D eigenvalue weighted by molar-refractivity contribution is -0.143. The van der Waals surface area contributed by atoms with Gasteiger partial charge in [0.05, 0.1) is 5.92 Å². The highest BCUT2D eigenvalue weighted by molar-refractivity contribution is 7.10. The highest BCUT2D eigenvalue weighted by atomic mass is 32.1. The van der Waals surface area contributed by atoms with E-state index in [1.807, 2.05) is 0 Å². The number of rotatable bonds is 3. The maximum absolute atomic E-state index is 12.8. The predicted molar refractivity (Wildman–Crippen MR) is 59.9 cm³/mol. The van der Waals surface area contributed by atoms with Gasteiger partial charge in [-0.15, -0.1) is 11.3 Å². The average molecular weight is 243 g/mol. The Labute approximate surface area is 97.5 Å². The fourth-order valence-electron chi connectivity index (χ4n) is 2.06. The first-order valence-electron chi connectivity index (χ1n) is 5.34. The Morgan fingerprint density at radius 1 is 1.62 bits per heavy atom. The minimum Gasteiger partial charge on any atom is -0.481 e. The van der Waals surface area contributed by atoms with Crippen LogP contribution in [-0.2, 0) is 11.3 Å². The third kappa shape index (κ3) is 2.80. The normalized spacial score (nSPS) is 22.2. The number of nitrogens with zero attached hydrogens (tertiary/aromatic N) is 1. The molecular weight excluding hydrogens is 229 g/mol. The van der Waals surface area contributed by atoms with E-state index in [0.29, 0.717) is 13.1 Å². The minimum atomic E-state index is -0.720. The molecule has 1 aliphatic heterocycles. The second kappa shape index (κ2) is 4.93. The first-order chi connectivity index (χ1) is 7.65. The Bertz CT molecular complexity index is 380.